The first-order valence-electron chi connectivity index (χ1n) is 10.2. The van der Waals surface area contributed by atoms with Crippen molar-refractivity contribution in [1.82, 2.24) is 9.80 Å². The second-order valence-electron chi connectivity index (χ2n) is 6.67. The Bertz CT molecular complexity index is 300. The summed E-state index contributed by atoms with van der Waals surface area (Å²) in [6, 6.07) is 0. The van der Waals surface area contributed by atoms with Crippen molar-refractivity contribution < 1.29 is 14.3 Å². The van der Waals surface area contributed by atoms with Crippen molar-refractivity contribution in [3.63, 3.8) is 0 Å². The third-order valence-electron chi connectivity index (χ3n) is 4.28. The summed E-state index contributed by atoms with van der Waals surface area (Å²) in [7, 11) is 0. The lowest BCUT2D eigenvalue weighted by Crippen LogP contribution is -2.38. The summed E-state index contributed by atoms with van der Waals surface area (Å²) >= 11 is 0. The van der Waals surface area contributed by atoms with Gasteiger partial charge in [0, 0.05) is 26.2 Å². The Morgan fingerprint density at radius 3 is 1.12 bits per heavy atom. The van der Waals surface area contributed by atoms with Crippen LogP contribution in [0.25, 0.3) is 0 Å². The molecule has 0 heterocycles. The van der Waals surface area contributed by atoms with E-state index in [-0.39, 0.29) is 25.0 Å². The van der Waals surface area contributed by atoms with Crippen LogP contribution in [0.5, 0.6) is 0 Å². The van der Waals surface area contributed by atoms with Crippen molar-refractivity contribution in [2.45, 2.75) is 79.1 Å². The molecule has 25 heavy (non-hydrogen) atoms. The predicted octanol–water partition coefficient (Wildman–Crippen LogP) is 3.86. The summed E-state index contributed by atoms with van der Waals surface area (Å²) < 4.78 is 5.46. The zero-order valence-electron chi connectivity index (χ0n) is 17.0. The minimum Gasteiger partial charge on any atom is -0.362 e. The largest absolute Gasteiger partial charge is 0.362 e. The zero-order chi connectivity index (χ0) is 18.9. The van der Waals surface area contributed by atoms with Crippen LogP contribution in [0.1, 0.15) is 79.1 Å². The Morgan fingerprint density at radius 2 is 0.880 bits per heavy atom. The zero-order valence-corrected chi connectivity index (χ0v) is 17.0. The van der Waals surface area contributed by atoms with Crippen LogP contribution in [0.15, 0.2) is 0 Å². The number of rotatable bonds is 16. The molecule has 0 saturated heterocycles. The molecule has 0 aliphatic rings. The third-order valence-corrected chi connectivity index (χ3v) is 4.28. The molecule has 0 N–H and O–H groups in total. The van der Waals surface area contributed by atoms with E-state index in [1.54, 1.807) is 0 Å². The average Bonchev–Trinajstić information content (AvgIpc) is 2.61. The van der Waals surface area contributed by atoms with Gasteiger partial charge in [-0.05, 0) is 25.7 Å². The Kier molecular flexibility index (Phi) is 15.7. The number of unbranched alkanes of at least 4 members (excludes halogenated alkanes) is 4. The van der Waals surface area contributed by atoms with Crippen LogP contribution in [0.4, 0.5) is 0 Å². The van der Waals surface area contributed by atoms with E-state index in [4.69, 9.17) is 4.74 Å². The smallest absolute Gasteiger partial charge is 0.248 e. The minimum absolute atomic E-state index is 0.00312. The Balaban J connectivity index is 4.31. The molecule has 0 fully saturated rings. The van der Waals surface area contributed by atoms with E-state index in [0.717, 1.165) is 77.5 Å². The summed E-state index contributed by atoms with van der Waals surface area (Å²) in [5.41, 5.74) is 0. The first-order chi connectivity index (χ1) is 12.1. The normalized spacial score (nSPS) is 10.7. The maximum Gasteiger partial charge on any atom is 0.248 e. The van der Waals surface area contributed by atoms with Crippen molar-refractivity contribution >= 4 is 11.8 Å². The number of hydrogen-bond donors (Lipinski definition) is 0. The van der Waals surface area contributed by atoms with Gasteiger partial charge in [0.25, 0.3) is 0 Å². The standard InChI is InChI=1S/C20H40N2O3/c1-5-9-13-21(14-10-6-2)19(23)17-25-18-20(24)22(15-11-7-3)16-12-8-4/h5-18H2,1-4H3. The molecule has 0 aromatic heterocycles. The molecular weight excluding hydrogens is 316 g/mol. The van der Waals surface area contributed by atoms with Crippen LogP contribution < -0.4 is 0 Å². The molecular formula is C20H40N2O3. The minimum atomic E-state index is 0.00312. The molecule has 0 aliphatic carbocycles. The number of carbonyl (C=O) groups excluding carboxylic acids is 2. The van der Waals surface area contributed by atoms with Gasteiger partial charge < -0.3 is 14.5 Å². The first kappa shape index (κ1) is 23.9. The van der Waals surface area contributed by atoms with Gasteiger partial charge in [-0.1, -0.05) is 53.4 Å². The second-order valence-corrected chi connectivity index (χ2v) is 6.67. The molecule has 0 unspecified atom stereocenters. The van der Waals surface area contributed by atoms with E-state index in [0.29, 0.717) is 0 Å². The summed E-state index contributed by atoms with van der Waals surface area (Å²) in [6.45, 7) is 11.6. The molecule has 0 rings (SSSR count). The van der Waals surface area contributed by atoms with Gasteiger partial charge in [-0.25, -0.2) is 0 Å². The second kappa shape index (κ2) is 16.4. The first-order valence-corrected chi connectivity index (χ1v) is 10.2. The molecule has 0 aliphatic heterocycles. The van der Waals surface area contributed by atoms with E-state index in [9.17, 15) is 9.59 Å². The van der Waals surface area contributed by atoms with Crippen LogP contribution in [-0.2, 0) is 14.3 Å². The number of hydrogen-bond acceptors (Lipinski definition) is 3. The number of ether oxygens (including phenoxy) is 1. The maximum atomic E-state index is 12.3. The van der Waals surface area contributed by atoms with Crippen LogP contribution in [0.3, 0.4) is 0 Å². The third kappa shape index (κ3) is 12.0. The summed E-state index contributed by atoms with van der Waals surface area (Å²) in [6.07, 6.45) is 8.31. The molecule has 0 radical (unpaired) electrons. The van der Waals surface area contributed by atoms with Gasteiger partial charge in [0.2, 0.25) is 11.8 Å². The predicted molar refractivity (Wildman–Crippen MR) is 104 cm³/mol. The molecule has 0 bridgehead atoms. The molecule has 5 heteroatoms. The highest BCUT2D eigenvalue weighted by Gasteiger charge is 2.16. The Morgan fingerprint density at radius 1 is 0.600 bits per heavy atom. The van der Waals surface area contributed by atoms with Gasteiger partial charge in [-0.2, -0.15) is 0 Å². The van der Waals surface area contributed by atoms with E-state index >= 15 is 0 Å². The molecule has 0 atom stereocenters. The fourth-order valence-electron chi connectivity index (χ4n) is 2.53. The van der Waals surface area contributed by atoms with Gasteiger partial charge in [0.1, 0.15) is 13.2 Å². The van der Waals surface area contributed by atoms with Gasteiger partial charge in [0.05, 0.1) is 0 Å². The lowest BCUT2D eigenvalue weighted by molar-refractivity contribution is -0.142. The van der Waals surface area contributed by atoms with Gasteiger partial charge in [-0.15, -0.1) is 0 Å². The average molecular weight is 357 g/mol. The van der Waals surface area contributed by atoms with Crippen LogP contribution >= 0.6 is 0 Å². The van der Waals surface area contributed by atoms with Crippen LogP contribution in [-0.4, -0.2) is 61.0 Å². The van der Waals surface area contributed by atoms with Crippen molar-refractivity contribution in [2.75, 3.05) is 39.4 Å². The SMILES string of the molecule is CCCCN(CCCC)C(=O)COCC(=O)N(CCCC)CCCC. The van der Waals surface area contributed by atoms with E-state index in [2.05, 4.69) is 27.7 Å². The van der Waals surface area contributed by atoms with E-state index < -0.39 is 0 Å². The van der Waals surface area contributed by atoms with Crippen LogP contribution in [0, 0.1) is 0 Å². The molecule has 0 saturated carbocycles. The van der Waals surface area contributed by atoms with E-state index in [1.165, 1.54) is 0 Å². The molecule has 0 aromatic rings. The quantitative estimate of drug-likeness (QED) is 0.422. The lowest BCUT2D eigenvalue weighted by atomic mass is 10.2. The highest BCUT2D eigenvalue weighted by atomic mass is 16.5. The number of nitrogens with zero attached hydrogens (tertiary/aromatic N) is 2. The van der Waals surface area contributed by atoms with Crippen LogP contribution in [0.2, 0.25) is 0 Å². The maximum absolute atomic E-state index is 12.3. The number of amides is 2. The van der Waals surface area contributed by atoms with Gasteiger partial charge in [0.15, 0.2) is 0 Å². The lowest BCUT2D eigenvalue weighted by Gasteiger charge is -2.24. The van der Waals surface area contributed by atoms with Crippen molar-refractivity contribution in [2.24, 2.45) is 0 Å². The summed E-state index contributed by atoms with van der Waals surface area (Å²) in [4.78, 5) is 28.4. The Labute approximate surface area is 155 Å². The van der Waals surface area contributed by atoms with E-state index in [1.807, 2.05) is 9.80 Å². The molecule has 0 aromatic carbocycles. The fourth-order valence-corrected chi connectivity index (χ4v) is 2.53. The molecule has 2 amide bonds. The Hall–Kier alpha value is -1.10. The highest BCUT2D eigenvalue weighted by molar-refractivity contribution is 5.79. The van der Waals surface area contributed by atoms with Crippen molar-refractivity contribution in [3.8, 4) is 0 Å². The number of carbonyl (C=O) groups is 2. The van der Waals surface area contributed by atoms with Gasteiger partial charge >= 0.3 is 0 Å². The van der Waals surface area contributed by atoms with Crippen molar-refractivity contribution in [3.05, 3.63) is 0 Å². The topological polar surface area (TPSA) is 49.9 Å². The fraction of sp³-hybridized carbons (Fsp3) is 0.900. The monoisotopic (exact) mass is 356 g/mol. The molecule has 0 spiro atoms. The summed E-state index contributed by atoms with van der Waals surface area (Å²) in [5.74, 6) is 0.00623. The summed E-state index contributed by atoms with van der Waals surface area (Å²) in [5, 5.41) is 0. The van der Waals surface area contributed by atoms with Crippen molar-refractivity contribution in [1.29, 1.82) is 0 Å². The molecule has 5 nitrogen and oxygen atoms in total. The molecule has 148 valence electrons. The van der Waals surface area contributed by atoms with Gasteiger partial charge in [-0.3, -0.25) is 9.59 Å². The highest BCUT2D eigenvalue weighted by Crippen LogP contribution is 2.03.